The molecule has 2 N–H and O–H groups in total. The second kappa shape index (κ2) is 5.11. The molecule has 0 aliphatic rings. The molecule has 3 heteroatoms. The third kappa shape index (κ3) is 3.10. The van der Waals surface area contributed by atoms with Crippen LogP contribution >= 0.6 is 0 Å². The molecule has 0 radical (unpaired) electrons. The van der Waals surface area contributed by atoms with Gasteiger partial charge in [0.2, 0.25) is 0 Å². The van der Waals surface area contributed by atoms with E-state index in [0.717, 1.165) is 5.56 Å². The lowest BCUT2D eigenvalue weighted by molar-refractivity contribution is -0.162. The van der Waals surface area contributed by atoms with Crippen molar-refractivity contribution in [3.8, 4) is 0 Å². The number of benzene rings is 1. The number of ether oxygens (including phenoxy) is 1. The minimum atomic E-state index is -0.726. The van der Waals surface area contributed by atoms with E-state index < -0.39 is 11.0 Å². The van der Waals surface area contributed by atoms with Gasteiger partial charge in [-0.05, 0) is 40.2 Å². The third-order valence-electron chi connectivity index (χ3n) is 3.67. The van der Waals surface area contributed by atoms with Gasteiger partial charge in [-0.15, -0.1) is 0 Å². The molecule has 0 aliphatic carbocycles. The van der Waals surface area contributed by atoms with Gasteiger partial charge >= 0.3 is 5.97 Å². The smallest absolute Gasteiger partial charge is 0.313 e. The van der Waals surface area contributed by atoms with Gasteiger partial charge < -0.3 is 10.5 Å². The lowest BCUT2D eigenvalue weighted by Crippen LogP contribution is -2.52. The monoisotopic (exact) mass is 249 g/mol. The molecule has 1 aromatic carbocycles. The van der Waals surface area contributed by atoms with Gasteiger partial charge in [0.25, 0.3) is 0 Å². The average molecular weight is 249 g/mol. The van der Waals surface area contributed by atoms with Crippen molar-refractivity contribution in [1.82, 2.24) is 0 Å². The number of hydrogen-bond acceptors (Lipinski definition) is 3. The van der Waals surface area contributed by atoms with Gasteiger partial charge in [0.15, 0.2) is 0 Å². The number of rotatable bonds is 4. The fourth-order valence-corrected chi connectivity index (χ4v) is 1.36. The third-order valence-corrected chi connectivity index (χ3v) is 3.67. The first kappa shape index (κ1) is 14.7. The molecule has 0 saturated heterocycles. The number of esters is 1. The highest BCUT2D eigenvalue weighted by Gasteiger charge is 2.42. The molecule has 0 aliphatic heterocycles. The number of nitrogens with two attached hydrogens (primary N) is 1. The molecule has 3 nitrogen and oxygen atoms in total. The quantitative estimate of drug-likeness (QED) is 0.834. The molecular formula is C15H23NO2. The molecule has 1 unspecified atom stereocenters. The maximum atomic E-state index is 12.2. The van der Waals surface area contributed by atoms with Crippen molar-refractivity contribution in [2.45, 2.75) is 46.3 Å². The fourth-order valence-electron chi connectivity index (χ4n) is 1.36. The Hall–Kier alpha value is -1.35. The zero-order valence-electron chi connectivity index (χ0n) is 11.9. The summed E-state index contributed by atoms with van der Waals surface area (Å²) in [5, 5.41) is 0. The van der Waals surface area contributed by atoms with Crippen LogP contribution in [0.3, 0.4) is 0 Å². The Morgan fingerprint density at radius 2 is 1.67 bits per heavy atom. The van der Waals surface area contributed by atoms with Gasteiger partial charge in [0.05, 0.1) is 5.41 Å². The van der Waals surface area contributed by atoms with Crippen LogP contribution in [-0.2, 0) is 9.53 Å². The van der Waals surface area contributed by atoms with E-state index >= 15 is 0 Å². The Labute approximate surface area is 109 Å². The summed E-state index contributed by atoms with van der Waals surface area (Å²) in [5.41, 5.74) is 5.66. The first-order valence-electron chi connectivity index (χ1n) is 6.21. The predicted molar refractivity (Wildman–Crippen MR) is 73.0 cm³/mol. The SMILES string of the molecule is CC(OC(=O)C(C)(C)C(C)(C)N)c1ccccc1. The summed E-state index contributed by atoms with van der Waals surface area (Å²) in [6.07, 6.45) is -0.264. The first-order chi connectivity index (χ1) is 8.16. The Morgan fingerprint density at radius 3 is 2.11 bits per heavy atom. The Balaban J connectivity index is 2.78. The van der Waals surface area contributed by atoms with Crippen molar-refractivity contribution in [1.29, 1.82) is 0 Å². The van der Waals surface area contributed by atoms with Crippen LogP contribution in [0.5, 0.6) is 0 Å². The van der Waals surface area contributed by atoms with E-state index in [1.165, 1.54) is 0 Å². The minimum absolute atomic E-state index is 0.264. The van der Waals surface area contributed by atoms with E-state index in [0.29, 0.717) is 0 Å². The molecule has 0 bridgehead atoms. The summed E-state index contributed by atoms with van der Waals surface area (Å²) >= 11 is 0. The minimum Gasteiger partial charge on any atom is -0.457 e. The molecule has 18 heavy (non-hydrogen) atoms. The van der Waals surface area contributed by atoms with E-state index in [1.54, 1.807) is 0 Å². The fraction of sp³-hybridized carbons (Fsp3) is 0.533. The van der Waals surface area contributed by atoms with Crippen molar-refractivity contribution < 1.29 is 9.53 Å². The predicted octanol–water partition coefficient (Wildman–Crippen LogP) is 3.05. The van der Waals surface area contributed by atoms with Gasteiger partial charge in [-0.3, -0.25) is 4.79 Å². The van der Waals surface area contributed by atoms with Crippen LogP contribution in [0.15, 0.2) is 30.3 Å². The highest BCUT2D eigenvalue weighted by Crippen LogP contribution is 2.32. The van der Waals surface area contributed by atoms with Crippen LogP contribution in [0, 0.1) is 5.41 Å². The standard InChI is InChI=1S/C15H23NO2/c1-11(12-9-7-6-8-10-12)18-13(17)14(2,3)15(4,5)16/h6-11H,16H2,1-5H3. The maximum absolute atomic E-state index is 12.2. The summed E-state index contributed by atoms with van der Waals surface area (Å²) < 4.78 is 5.51. The van der Waals surface area contributed by atoms with E-state index in [1.807, 2.05) is 65.0 Å². The average Bonchev–Trinajstić information content (AvgIpc) is 2.28. The largest absolute Gasteiger partial charge is 0.457 e. The Kier molecular flexibility index (Phi) is 4.17. The lowest BCUT2D eigenvalue weighted by Gasteiger charge is -2.36. The molecule has 0 amide bonds. The van der Waals surface area contributed by atoms with Crippen LogP contribution in [0.4, 0.5) is 0 Å². The second-order valence-electron chi connectivity index (χ2n) is 5.80. The molecule has 1 rings (SSSR count). The number of carbonyl (C=O) groups excluding carboxylic acids is 1. The van der Waals surface area contributed by atoms with E-state index in [2.05, 4.69) is 0 Å². The molecular weight excluding hydrogens is 226 g/mol. The summed E-state index contributed by atoms with van der Waals surface area (Å²) in [6, 6.07) is 9.68. The Morgan fingerprint density at radius 1 is 1.17 bits per heavy atom. The van der Waals surface area contributed by atoms with Crippen LogP contribution in [0.1, 0.15) is 46.3 Å². The van der Waals surface area contributed by atoms with Crippen molar-refractivity contribution in [2.75, 3.05) is 0 Å². The van der Waals surface area contributed by atoms with Crippen LogP contribution in [0.2, 0.25) is 0 Å². The lowest BCUT2D eigenvalue weighted by atomic mass is 9.75. The van der Waals surface area contributed by atoms with Crippen LogP contribution in [-0.4, -0.2) is 11.5 Å². The highest BCUT2D eigenvalue weighted by atomic mass is 16.5. The molecule has 1 atom stereocenters. The molecule has 0 fully saturated rings. The summed E-state index contributed by atoms with van der Waals surface area (Å²) in [7, 11) is 0. The van der Waals surface area contributed by atoms with Crippen LogP contribution < -0.4 is 5.73 Å². The summed E-state index contributed by atoms with van der Waals surface area (Å²) in [4.78, 5) is 12.2. The zero-order valence-corrected chi connectivity index (χ0v) is 11.9. The van der Waals surface area contributed by atoms with Gasteiger partial charge in [-0.1, -0.05) is 30.3 Å². The molecule has 0 spiro atoms. The second-order valence-corrected chi connectivity index (χ2v) is 5.80. The highest BCUT2D eigenvalue weighted by molar-refractivity contribution is 5.77. The van der Waals surface area contributed by atoms with Gasteiger partial charge in [-0.2, -0.15) is 0 Å². The van der Waals surface area contributed by atoms with E-state index in [9.17, 15) is 4.79 Å². The maximum Gasteiger partial charge on any atom is 0.313 e. The van der Waals surface area contributed by atoms with Gasteiger partial charge in [-0.25, -0.2) is 0 Å². The van der Waals surface area contributed by atoms with Crippen molar-refractivity contribution in [2.24, 2.45) is 11.1 Å². The Bertz CT molecular complexity index is 404. The molecule has 100 valence electrons. The molecule has 0 aromatic heterocycles. The summed E-state index contributed by atoms with van der Waals surface area (Å²) in [5.74, 6) is -0.272. The van der Waals surface area contributed by atoms with Crippen molar-refractivity contribution in [3.63, 3.8) is 0 Å². The van der Waals surface area contributed by atoms with E-state index in [-0.39, 0.29) is 12.1 Å². The van der Waals surface area contributed by atoms with Gasteiger partial charge in [0.1, 0.15) is 6.10 Å². The zero-order chi connectivity index (χ0) is 14.0. The van der Waals surface area contributed by atoms with E-state index in [4.69, 9.17) is 10.5 Å². The normalized spacial score (nSPS) is 14.1. The number of carbonyl (C=O) groups is 1. The summed E-state index contributed by atoms with van der Waals surface area (Å²) in [6.45, 7) is 9.16. The van der Waals surface area contributed by atoms with Crippen molar-refractivity contribution >= 4 is 5.97 Å². The molecule has 0 heterocycles. The van der Waals surface area contributed by atoms with Gasteiger partial charge in [0, 0.05) is 5.54 Å². The number of hydrogen-bond donors (Lipinski definition) is 1. The topological polar surface area (TPSA) is 52.3 Å². The first-order valence-corrected chi connectivity index (χ1v) is 6.21. The molecule has 1 aromatic rings. The van der Waals surface area contributed by atoms with Crippen LogP contribution in [0.25, 0.3) is 0 Å². The molecule has 0 saturated carbocycles. The van der Waals surface area contributed by atoms with Crippen molar-refractivity contribution in [3.05, 3.63) is 35.9 Å².